The molecule has 0 bridgehead atoms. The number of hydrogen-bond acceptors (Lipinski definition) is 4. The summed E-state index contributed by atoms with van der Waals surface area (Å²) in [6.45, 7) is 6.20. The summed E-state index contributed by atoms with van der Waals surface area (Å²) in [5.41, 5.74) is 3.33. The molecule has 2 aromatic rings. The largest absolute Gasteiger partial charge is 0.368 e. The first-order chi connectivity index (χ1) is 12.2. The number of thioether (sulfide) groups is 1. The van der Waals surface area contributed by atoms with Gasteiger partial charge in [0.15, 0.2) is 0 Å². The summed E-state index contributed by atoms with van der Waals surface area (Å²) < 4.78 is 0. The first kappa shape index (κ1) is 17.8. The van der Waals surface area contributed by atoms with Crippen molar-refractivity contribution in [1.29, 1.82) is 0 Å². The SMILES string of the molecule is CSc1ccccc1N1CCN(CC(=O)Nc2cccc(C)c2)CC1. The number of amides is 1. The maximum Gasteiger partial charge on any atom is 0.238 e. The number of carbonyl (C=O) groups excluding carboxylic acids is 1. The molecule has 1 aliphatic heterocycles. The van der Waals surface area contributed by atoms with Crippen molar-refractivity contribution < 1.29 is 4.79 Å². The monoisotopic (exact) mass is 355 g/mol. The van der Waals surface area contributed by atoms with Crippen LogP contribution in [0.25, 0.3) is 0 Å². The molecule has 1 saturated heterocycles. The molecular weight excluding hydrogens is 330 g/mol. The number of anilines is 2. The summed E-state index contributed by atoms with van der Waals surface area (Å²) in [5, 5.41) is 2.99. The third-order valence-electron chi connectivity index (χ3n) is 4.47. The van der Waals surface area contributed by atoms with Crippen LogP contribution in [0.1, 0.15) is 5.56 Å². The number of para-hydroxylation sites is 1. The van der Waals surface area contributed by atoms with E-state index in [9.17, 15) is 4.79 Å². The lowest BCUT2D eigenvalue weighted by Gasteiger charge is -2.36. The minimum Gasteiger partial charge on any atom is -0.368 e. The number of nitrogens with one attached hydrogen (secondary N) is 1. The molecular formula is C20H25N3OS. The third kappa shape index (κ3) is 4.77. The van der Waals surface area contributed by atoms with Gasteiger partial charge in [0, 0.05) is 36.8 Å². The zero-order chi connectivity index (χ0) is 17.6. The molecule has 1 heterocycles. The van der Waals surface area contributed by atoms with Crippen molar-refractivity contribution in [1.82, 2.24) is 4.90 Å². The highest BCUT2D eigenvalue weighted by Gasteiger charge is 2.20. The summed E-state index contributed by atoms with van der Waals surface area (Å²) in [6.07, 6.45) is 2.12. The van der Waals surface area contributed by atoms with Crippen molar-refractivity contribution >= 4 is 29.0 Å². The van der Waals surface area contributed by atoms with Crippen LogP contribution in [-0.4, -0.2) is 49.8 Å². The van der Waals surface area contributed by atoms with E-state index in [0.29, 0.717) is 6.54 Å². The third-order valence-corrected chi connectivity index (χ3v) is 5.25. The second-order valence-corrected chi connectivity index (χ2v) is 7.20. The van der Waals surface area contributed by atoms with Gasteiger partial charge >= 0.3 is 0 Å². The van der Waals surface area contributed by atoms with E-state index in [2.05, 4.69) is 45.6 Å². The van der Waals surface area contributed by atoms with Crippen molar-refractivity contribution in [2.45, 2.75) is 11.8 Å². The van der Waals surface area contributed by atoms with Crippen LogP contribution in [0, 0.1) is 6.92 Å². The molecule has 1 amide bonds. The van der Waals surface area contributed by atoms with Crippen LogP contribution in [0.5, 0.6) is 0 Å². The Morgan fingerprint density at radius 3 is 2.56 bits per heavy atom. The number of piperazine rings is 1. The van der Waals surface area contributed by atoms with E-state index in [1.807, 2.05) is 31.2 Å². The van der Waals surface area contributed by atoms with E-state index in [1.165, 1.54) is 10.6 Å². The Morgan fingerprint density at radius 1 is 1.08 bits per heavy atom. The number of aryl methyl sites for hydroxylation is 1. The Labute approximate surface area is 154 Å². The minimum atomic E-state index is 0.0589. The van der Waals surface area contributed by atoms with Crippen molar-refractivity contribution in [3.63, 3.8) is 0 Å². The van der Waals surface area contributed by atoms with Gasteiger partial charge in [-0.25, -0.2) is 0 Å². The summed E-state index contributed by atoms with van der Waals surface area (Å²) in [6, 6.07) is 16.5. The molecule has 5 heteroatoms. The normalized spacial score (nSPS) is 15.2. The highest BCUT2D eigenvalue weighted by molar-refractivity contribution is 7.98. The Kier molecular flexibility index (Phi) is 6.00. The highest BCUT2D eigenvalue weighted by Crippen LogP contribution is 2.28. The average molecular weight is 356 g/mol. The van der Waals surface area contributed by atoms with Gasteiger partial charge in [0.1, 0.15) is 0 Å². The molecule has 0 saturated carbocycles. The summed E-state index contributed by atoms with van der Waals surface area (Å²) in [4.78, 5) is 18.2. The van der Waals surface area contributed by atoms with E-state index >= 15 is 0 Å². The molecule has 1 N–H and O–H groups in total. The quantitative estimate of drug-likeness (QED) is 0.833. The number of hydrogen-bond donors (Lipinski definition) is 1. The first-order valence-electron chi connectivity index (χ1n) is 8.62. The fourth-order valence-corrected chi connectivity index (χ4v) is 3.79. The molecule has 0 radical (unpaired) electrons. The summed E-state index contributed by atoms with van der Waals surface area (Å²) in [5.74, 6) is 0.0589. The fraction of sp³-hybridized carbons (Fsp3) is 0.350. The van der Waals surface area contributed by atoms with Gasteiger partial charge in [-0.3, -0.25) is 9.69 Å². The fourth-order valence-electron chi connectivity index (χ4n) is 3.16. The molecule has 1 fully saturated rings. The average Bonchev–Trinajstić information content (AvgIpc) is 2.62. The smallest absolute Gasteiger partial charge is 0.238 e. The molecule has 4 nitrogen and oxygen atoms in total. The lowest BCUT2D eigenvalue weighted by Crippen LogP contribution is -2.48. The molecule has 0 aromatic heterocycles. The molecule has 0 aliphatic carbocycles. The number of benzene rings is 2. The number of carbonyl (C=O) groups is 1. The van der Waals surface area contributed by atoms with Gasteiger partial charge in [0.25, 0.3) is 0 Å². The maximum atomic E-state index is 12.3. The van der Waals surface area contributed by atoms with Crippen LogP contribution in [0.3, 0.4) is 0 Å². The van der Waals surface area contributed by atoms with Crippen molar-refractivity contribution in [2.75, 3.05) is 49.2 Å². The topological polar surface area (TPSA) is 35.6 Å². The van der Waals surface area contributed by atoms with Crippen molar-refractivity contribution in [3.05, 3.63) is 54.1 Å². The van der Waals surface area contributed by atoms with Gasteiger partial charge in [-0.2, -0.15) is 0 Å². The Hall–Kier alpha value is -1.98. The number of rotatable bonds is 5. The van der Waals surface area contributed by atoms with Gasteiger partial charge in [-0.15, -0.1) is 11.8 Å². The highest BCUT2D eigenvalue weighted by atomic mass is 32.2. The minimum absolute atomic E-state index is 0.0589. The van der Waals surface area contributed by atoms with Crippen molar-refractivity contribution in [2.24, 2.45) is 0 Å². The zero-order valence-corrected chi connectivity index (χ0v) is 15.7. The van der Waals surface area contributed by atoms with E-state index in [0.717, 1.165) is 37.4 Å². The first-order valence-corrected chi connectivity index (χ1v) is 9.85. The molecule has 0 unspecified atom stereocenters. The van der Waals surface area contributed by atoms with Crippen LogP contribution in [0.4, 0.5) is 11.4 Å². The molecule has 0 atom stereocenters. The van der Waals surface area contributed by atoms with Gasteiger partial charge < -0.3 is 10.2 Å². The van der Waals surface area contributed by atoms with Gasteiger partial charge in [-0.1, -0.05) is 24.3 Å². The molecule has 132 valence electrons. The Balaban J connectivity index is 1.51. The molecule has 25 heavy (non-hydrogen) atoms. The molecule has 3 rings (SSSR count). The molecule has 0 spiro atoms. The van der Waals surface area contributed by atoms with E-state index < -0.39 is 0 Å². The lowest BCUT2D eigenvalue weighted by molar-refractivity contribution is -0.117. The predicted octanol–water partition coefficient (Wildman–Crippen LogP) is 3.48. The Bertz CT molecular complexity index is 726. The van der Waals surface area contributed by atoms with Gasteiger partial charge in [0.05, 0.1) is 12.2 Å². The maximum absolute atomic E-state index is 12.3. The van der Waals surface area contributed by atoms with Gasteiger partial charge in [0.2, 0.25) is 5.91 Å². The van der Waals surface area contributed by atoms with Crippen molar-refractivity contribution in [3.8, 4) is 0 Å². The second kappa shape index (κ2) is 8.41. The molecule has 1 aliphatic rings. The van der Waals surface area contributed by atoms with Crippen LogP contribution in [0.2, 0.25) is 0 Å². The van der Waals surface area contributed by atoms with Crippen LogP contribution in [-0.2, 0) is 4.79 Å². The van der Waals surface area contributed by atoms with E-state index in [4.69, 9.17) is 0 Å². The molecule has 2 aromatic carbocycles. The lowest BCUT2D eigenvalue weighted by atomic mass is 10.2. The van der Waals surface area contributed by atoms with Crippen LogP contribution in [0.15, 0.2) is 53.4 Å². The van der Waals surface area contributed by atoms with Gasteiger partial charge in [-0.05, 0) is 43.0 Å². The van der Waals surface area contributed by atoms with Crippen LogP contribution < -0.4 is 10.2 Å². The summed E-state index contributed by atoms with van der Waals surface area (Å²) >= 11 is 1.78. The number of nitrogens with zero attached hydrogens (tertiary/aromatic N) is 2. The Morgan fingerprint density at radius 2 is 1.84 bits per heavy atom. The predicted molar refractivity (Wildman–Crippen MR) is 107 cm³/mol. The standard InChI is InChI=1S/C20H25N3OS/c1-16-6-5-7-17(14-16)21-20(24)15-22-10-12-23(13-11-22)18-8-3-4-9-19(18)25-2/h3-9,14H,10-13,15H2,1-2H3,(H,21,24). The summed E-state index contributed by atoms with van der Waals surface area (Å²) in [7, 11) is 0. The van der Waals surface area contributed by atoms with E-state index in [1.54, 1.807) is 11.8 Å². The zero-order valence-electron chi connectivity index (χ0n) is 14.9. The second-order valence-electron chi connectivity index (χ2n) is 6.35. The van der Waals surface area contributed by atoms with E-state index in [-0.39, 0.29) is 5.91 Å². The van der Waals surface area contributed by atoms with Crippen LogP contribution >= 0.6 is 11.8 Å².